The molecule has 7 heteroatoms. The molecule has 0 radical (unpaired) electrons. The second-order valence-corrected chi connectivity index (χ2v) is 7.69. The maximum absolute atomic E-state index is 11.5. The molecule has 2 aromatic rings. The predicted molar refractivity (Wildman–Crippen MR) is 118 cm³/mol. The first-order chi connectivity index (χ1) is 14.7. The summed E-state index contributed by atoms with van der Waals surface area (Å²) in [5.74, 6) is -0.254. The molecule has 1 aliphatic rings. The van der Waals surface area contributed by atoms with Crippen LogP contribution in [0.25, 0.3) is 0 Å². The number of piperazine rings is 1. The number of amides is 1. The summed E-state index contributed by atoms with van der Waals surface area (Å²) in [5.41, 5.74) is 4.87. The summed E-state index contributed by atoms with van der Waals surface area (Å²) in [6, 6.07) is 19.0. The molecule has 0 aromatic heterocycles. The zero-order valence-electron chi connectivity index (χ0n) is 17.4. The standard InChI is InChI=1S/C23H30ClN3O3/c1-2-30-25-22(28)18-29-17-16-26-12-14-27(15-13-26)23(19-6-4-3-5-7-19)20-8-10-21(24)11-9-20/h3-11,23H,2,12-18H2,1H3,(H,25,28). The van der Waals surface area contributed by atoms with Gasteiger partial charge in [-0.2, -0.15) is 0 Å². The van der Waals surface area contributed by atoms with Crippen molar-refractivity contribution in [1.82, 2.24) is 15.3 Å². The van der Waals surface area contributed by atoms with Gasteiger partial charge in [-0.05, 0) is 30.2 Å². The first-order valence-corrected chi connectivity index (χ1v) is 10.8. The monoisotopic (exact) mass is 431 g/mol. The van der Waals surface area contributed by atoms with Crippen molar-refractivity contribution in [1.29, 1.82) is 0 Å². The number of hydrogen-bond acceptors (Lipinski definition) is 5. The highest BCUT2D eigenvalue weighted by Crippen LogP contribution is 2.30. The predicted octanol–water partition coefficient (Wildman–Crippen LogP) is 3.13. The van der Waals surface area contributed by atoms with Crippen molar-refractivity contribution in [3.63, 3.8) is 0 Å². The molecule has 1 unspecified atom stereocenters. The highest BCUT2D eigenvalue weighted by molar-refractivity contribution is 6.30. The number of benzene rings is 2. The van der Waals surface area contributed by atoms with Gasteiger partial charge in [-0.3, -0.25) is 19.4 Å². The third-order valence-corrected chi connectivity index (χ3v) is 5.44. The van der Waals surface area contributed by atoms with E-state index in [2.05, 4.69) is 57.7 Å². The van der Waals surface area contributed by atoms with E-state index in [0.717, 1.165) is 37.7 Å². The molecule has 1 heterocycles. The molecule has 1 saturated heterocycles. The summed E-state index contributed by atoms with van der Waals surface area (Å²) < 4.78 is 5.46. The molecular formula is C23H30ClN3O3. The lowest BCUT2D eigenvalue weighted by molar-refractivity contribution is -0.138. The number of rotatable bonds is 10. The van der Waals surface area contributed by atoms with Gasteiger partial charge in [-0.1, -0.05) is 54.1 Å². The van der Waals surface area contributed by atoms with Crippen LogP contribution in [0.5, 0.6) is 0 Å². The highest BCUT2D eigenvalue weighted by Gasteiger charge is 2.26. The van der Waals surface area contributed by atoms with Crippen molar-refractivity contribution in [3.05, 3.63) is 70.7 Å². The Balaban J connectivity index is 1.51. The maximum Gasteiger partial charge on any atom is 0.269 e. The highest BCUT2D eigenvalue weighted by atomic mass is 35.5. The third-order valence-electron chi connectivity index (χ3n) is 5.19. The molecule has 0 bridgehead atoms. The van der Waals surface area contributed by atoms with Gasteiger partial charge in [0.05, 0.1) is 19.3 Å². The molecule has 0 saturated carbocycles. The molecule has 2 aromatic carbocycles. The van der Waals surface area contributed by atoms with Crippen molar-refractivity contribution in [2.24, 2.45) is 0 Å². The van der Waals surface area contributed by atoms with Crippen molar-refractivity contribution in [3.8, 4) is 0 Å². The topological polar surface area (TPSA) is 54.0 Å². The van der Waals surface area contributed by atoms with E-state index < -0.39 is 0 Å². The van der Waals surface area contributed by atoms with Gasteiger partial charge in [-0.25, -0.2) is 5.48 Å². The molecule has 1 atom stereocenters. The van der Waals surface area contributed by atoms with Crippen molar-refractivity contribution in [2.75, 3.05) is 52.5 Å². The van der Waals surface area contributed by atoms with E-state index in [1.807, 2.05) is 19.1 Å². The SMILES string of the molecule is CCONC(=O)COCCN1CCN(C(c2ccccc2)c2ccc(Cl)cc2)CC1. The molecule has 162 valence electrons. The summed E-state index contributed by atoms with van der Waals surface area (Å²) in [6.07, 6.45) is 0. The Bertz CT molecular complexity index is 765. The number of nitrogens with zero attached hydrogens (tertiary/aromatic N) is 2. The van der Waals surface area contributed by atoms with Crippen LogP contribution in [0.2, 0.25) is 5.02 Å². The third kappa shape index (κ3) is 6.79. The van der Waals surface area contributed by atoms with Crippen LogP contribution in [0.15, 0.2) is 54.6 Å². The minimum atomic E-state index is -0.254. The molecule has 0 aliphatic carbocycles. The van der Waals surface area contributed by atoms with E-state index >= 15 is 0 Å². The minimum absolute atomic E-state index is 0.0204. The van der Waals surface area contributed by atoms with E-state index in [1.165, 1.54) is 11.1 Å². The summed E-state index contributed by atoms with van der Waals surface area (Å²) in [7, 11) is 0. The molecule has 6 nitrogen and oxygen atoms in total. The molecule has 1 amide bonds. The van der Waals surface area contributed by atoms with Crippen molar-refractivity contribution >= 4 is 17.5 Å². The Kier molecular flexibility index (Phi) is 9.11. The fourth-order valence-corrected chi connectivity index (χ4v) is 3.81. The second kappa shape index (κ2) is 12.0. The first-order valence-electron chi connectivity index (χ1n) is 10.4. The Hall–Kier alpha value is -1.96. The normalized spacial score (nSPS) is 16.3. The summed E-state index contributed by atoms with van der Waals surface area (Å²) in [4.78, 5) is 21.2. The average Bonchev–Trinajstić information content (AvgIpc) is 2.78. The lowest BCUT2D eigenvalue weighted by atomic mass is 9.96. The maximum atomic E-state index is 11.5. The van der Waals surface area contributed by atoms with Gasteiger partial charge in [-0.15, -0.1) is 0 Å². The first kappa shape index (κ1) is 22.7. The lowest BCUT2D eigenvalue weighted by Crippen LogP contribution is -2.48. The summed E-state index contributed by atoms with van der Waals surface area (Å²) in [6.45, 7) is 7.47. The van der Waals surface area contributed by atoms with E-state index in [4.69, 9.17) is 21.2 Å². The fraction of sp³-hybridized carbons (Fsp3) is 0.435. The minimum Gasteiger partial charge on any atom is -0.370 e. The van der Waals surface area contributed by atoms with E-state index in [0.29, 0.717) is 13.2 Å². The molecule has 1 aliphatic heterocycles. The Morgan fingerprint density at radius 1 is 1.03 bits per heavy atom. The molecule has 3 rings (SSSR count). The van der Waals surface area contributed by atoms with E-state index in [1.54, 1.807) is 0 Å². The largest absolute Gasteiger partial charge is 0.370 e. The number of nitrogens with one attached hydrogen (secondary N) is 1. The second-order valence-electron chi connectivity index (χ2n) is 7.25. The van der Waals surface area contributed by atoms with Gasteiger partial charge < -0.3 is 4.74 Å². The van der Waals surface area contributed by atoms with Gasteiger partial charge in [0.25, 0.3) is 5.91 Å². The van der Waals surface area contributed by atoms with Crippen molar-refractivity contribution < 1.29 is 14.4 Å². The Morgan fingerprint density at radius 2 is 1.70 bits per heavy atom. The van der Waals surface area contributed by atoms with Crippen LogP contribution in [0, 0.1) is 0 Å². The fourth-order valence-electron chi connectivity index (χ4n) is 3.68. The zero-order valence-corrected chi connectivity index (χ0v) is 18.2. The van der Waals surface area contributed by atoms with Crippen molar-refractivity contribution in [2.45, 2.75) is 13.0 Å². The Morgan fingerprint density at radius 3 is 2.37 bits per heavy atom. The quantitative estimate of drug-likeness (QED) is 0.462. The van der Waals surface area contributed by atoms with Crippen LogP contribution < -0.4 is 5.48 Å². The van der Waals surface area contributed by atoms with E-state index in [-0.39, 0.29) is 18.6 Å². The van der Waals surface area contributed by atoms with Crippen LogP contribution in [0.4, 0.5) is 0 Å². The summed E-state index contributed by atoms with van der Waals surface area (Å²) in [5, 5.41) is 0.755. The molecule has 0 spiro atoms. The number of halogens is 1. The van der Waals surface area contributed by atoms with E-state index in [9.17, 15) is 4.79 Å². The number of ether oxygens (including phenoxy) is 1. The van der Waals surface area contributed by atoms with Gasteiger partial charge >= 0.3 is 0 Å². The van der Waals surface area contributed by atoms with Crippen LogP contribution >= 0.6 is 11.6 Å². The zero-order chi connectivity index (χ0) is 21.2. The van der Waals surface area contributed by atoms with Gasteiger partial charge in [0.15, 0.2) is 0 Å². The van der Waals surface area contributed by atoms with Crippen LogP contribution in [0.1, 0.15) is 24.1 Å². The number of carbonyl (C=O) groups is 1. The molecule has 1 fully saturated rings. The smallest absolute Gasteiger partial charge is 0.269 e. The van der Waals surface area contributed by atoms with Crippen LogP contribution in [-0.4, -0.2) is 68.3 Å². The van der Waals surface area contributed by atoms with Gasteiger partial charge in [0.2, 0.25) is 0 Å². The molecule has 1 N–H and O–H groups in total. The lowest BCUT2D eigenvalue weighted by Gasteiger charge is -2.39. The van der Waals surface area contributed by atoms with Crippen LogP contribution in [-0.2, 0) is 14.4 Å². The van der Waals surface area contributed by atoms with Crippen LogP contribution in [0.3, 0.4) is 0 Å². The average molecular weight is 432 g/mol. The number of carbonyl (C=O) groups excluding carboxylic acids is 1. The van der Waals surface area contributed by atoms with Gasteiger partial charge in [0, 0.05) is 37.7 Å². The number of hydrogen-bond donors (Lipinski definition) is 1. The molecule has 30 heavy (non-hydrogen) atoms. The molecular weight excluding hydrogens is 402 g/mol. The Labute approximate surface area is 183 Å². The summed E-state index contributed by atoms with van der Waals surface area (Å²) >= 11 is 6.11. The van der Waals surface area contributed by atoms with Gasteiger partial charge in [0.1, 0.15) is 6.61 Å². The number of hydroxylamine groups is 1.